The third-order valence-corrected chi connectivity index (χ3v) is 7.06. The molecule has 5 atom stereocenters. The van der Waals surface area contributed by atoms with E-state index in [0.29, 0.717) is 25.8 Å². The van der Waals surface area contributed by atoms with Gasteiger partial charge in [-0.15, -0.1) is 0 Å². The van der Waals surface area contributed by atoms with E-state index in [0.717, 1.165) is 22.9 Å². The van der Waals surface area contributed by atoms with E-state index in [-0.39, 0.29) is 18.3 Å². The summed E-state index contributed by atoms with van der Waals surface area (Å²) in [6, 6.07) is 3.63. The number of carbonyl (C=O) groups excluding carboxylic acids is 3. The number of carboxylic acid groups (broad SMARTS) is 1. The van der Waals surface area contributed by atoms with Crippen LogP contribution in [0.2, 0.25) is 0 Å². The number of hydrogen-bond donors (Lipinski definition) is 7. The first kappa shape index (κ1) is 31.8. The molecule has 0 aliphatic carbocycles. The Morgan fingerprint density at radius 3 is 2.23 bits per heavy atom. The predicted octanol–water partition coefficient (Wildman–Crippen LogP) is 1.41. The average Bonchev–Trinajstić information content (AvgIpc) is 3.31. The molecule has 0 saturated heterocycles. The number of unbranched alkanes of at least 4 members (excludes halogenated alkanes) is 1. The highest BCUT2D eigenvalue weighted by Crippen LogP contribution is 2.20. The molecule has 0 saturated carbocycles. The molecule has 9 N–H and O–H groups in total. The Morgan fingerprint density at radius 1 is 0.949 bits per heavy atom. The normalized spacial score (nSPS) is 15.3. The van der Waals surface area contributed by atoms with Crippen molar-refractivity contribution in [1.82, 2.24) is 20.9 Å². The van der Waals surface area contributed by atoms with Crippen LogP contribution in [0.5, 0.6) is 0 Å². The maximum atomic E-state index is 13.4. The second-order valence-corrected chi connectivity index (χ2v) is 10.5. The number of rotatable bonds is 16. The molecule has 1 aromatic carbocycles. The summed E-state index contributed by atoms with van der Waals surface area (Å²) in [7, 11) is 0. The molecule has 11 nitrogen and oxygen atoms in total. The fourth-order valence-electron chi connectivity index (χ4n) is 4.36. The zero-order valence-electron chi connectivity index (χ0n) is 23.3. The van der Waals surface area contributed by atoms with E-state index in [4.69, 9.17) is 11.5 Å². The molecule has 0 aliphatic rings. The lowest BCUT2D eigenvalue weighted by Crippen LogP contribution is -2.59. The fraction of sp³-hybridized carbons (Fsp3) is 0.571. The summed E-state index contributed by atoms with van der Waals surface area (Å²) in [6.07, 6.45) is 4.30. The van der Waals surface area contributed by atoms with Crippen LogP contribution >= 0.6 is 0 Å². The summed E-state index contributed by atoms with van der Waals surface area (Å²) in [5.41, 5.74) is 13.2. The van der Waals surface area contributed by atoms with Gasteiger partial charge >= 0.3 is 5.97 Å². The molecule has 1 aromatic heterocycles. The Labute approximate surface area is 229 Å². The van der Waals surface area contributed by atoms with Crippen molar-refractivity contribution >= 4 is 34.6 Å². The number of carboxylic acids is 1. The number of benzene rings is 1. The van der Waals surface area contributed by atoms with Crippen LogP contribution in [0, 0.1) is 11.8 Å². The lowest BCUT2D eigenvalue weighted by molar-refractivity contribution is -0.143. The van der Waals surface area contributed by atoms with E-state index in [9.17, 15) is 24.3 Å². The molecule has 216 valence electrons. The molecule has 2 rings (SSSR count). The van der Waals surface area contributed by atoms with Crippen molar-refractivity contribution in [2.24, 2.45) is 23.3 Å². The van der Waals surface area contributed by atoms with Crippen molar-refractivity contribution in [1.29, 1.82) is 0 Å². The van der Waals surface area contributed by atoms with Gasteiger partial charge in [0.05, 0.1) is 6.04 Å². The van der Waals surface area contributed by atoms with E-state index in [1.807, 2.05) is 31.2 Å². The van der Waals surface area contributed by atoms with E-state index < -0.39 is 47.9 Å². The van der Waals surface area contributed by atoms with Crippen molar-refractivity contribution in [3.8, 4) is 0 Å². The number of nitrogens with two attached hydrogens (primary N) is 2. The molecular formula is C28H44N6O5. The minimum absolute atomic E-state index is 0.117. The van der Waals surface area contributed by atoms with Gasteiger partial charge in [-0.25, -0.2) is 4.79 Å². The van der Waals surface area contributed by atoms with Crippen molar-refractivity contribution in [3.63, 3.8) is 0 Å². The highest BCUT2D eigenvalue weighted by molar-refractivity contribution is 5.95. The molecule has 0 fully saturated rings. The van der Waals surface area contributed by atoms with Crippen LogP contribution in [0.15, 0.2) is 30.5 Å². The second kappa shape index (κ2) is 15.2. The van der Waals surface area contributed by atoms with E-state index in [1.165, 1.54) is 0 Å². The molecule has 39 heavy (non-hydrogen) atoms. The van der Waals surface area contributed by atoms with Gasteiger partial charge in [-0.1, -0.05) is 58.7 Å². The van der Waals surface area contributed by atoms with Crippen molar-refractivity contribution in [2.75, 3.05) is 6.54 Å². The largest absolute Gasteiger partial charge is 0.480 e. The molecule has 5 unspecified atom stereocenters. The van der Waals surface area contributed by atoms with Crippen LogP contribution in [0.1, 0.15) is 58.9 Å². The Morgan fingerprint density at radius 2 is 1.62 bits per heavy atom. The topological polar surface area (TPSA) is 192 Å². The Balaban J connectivity index is 2.28. The number of aliphatic carboxylic acids is 1. The minimum Gasteiger partial charge on any atom is -0.480 e. The average molecular weight is 545 g/mol. The lowest BCUT2D eigenvalue weighted by Gasteiger charge is -2.28. The first-order chi connectivity index (χ1) is 18.5. The van der Waals surface area contributed by atoms with Gasteiger partial charge in [-0.05, 0) is 42.9 Å². The quantitative estimate of drug-likeness (QED) is 0.155. The molecule has 3 amide bonds. The second-order valence-electron chi connectivity index (χ2n) is 10.5. The third-order valence-electron chi connectivity index (χ3n) is 7.06. The van der Waals surface area contributed by atoms with Crippen molar-refractivity contribution < 1.29 is 24.3 Å². The van der Waals surface area contributed by atoms with E-state index in [2.05, 4.69) is 20.9 Å². The van der Waals surface area contributed by atoms with E-state index in [1.54, 1.807) is 27.0 Å². The highest BCUT2D eigenvalue weighted by atomic mass is 16.4. The maximum Gasteiger partial charge on any atom is 0.326 e. The first-order valence-electron chi connectivity index (χ1n) is 13.6. The minimum atomic E-state index is -1.15. The zero-order valence-corrected chi connectivity index (χ0v) is 23.3. The van der Waals surface area contributed by atoms with Crippen molar-refractivity contribution in [2.45, 2.75) is 84.0 Å². The maximum absolute atomic E-state index is 13.4. The Hall–Kier alpha value is -3.44. The number of H-pyrrole nitrogens is 1. The molecule has 0 radical (unpaired) electrons. The molecule has 1 heterocycles. The Kier molecular flexibility index (Phi) is 12.4. The predicted molar refractivity (Wildman–Crippen MR) is 151 cm³/mol. The highest BCUT2D eigenvalue weighted by Gasteiger charge is 2.33. The number of fused-ring (bicyclic) bond motifs is 1. The molecular weight excluding hydrogens is 500 g/mol. The van der Waals surface area contributed by atoms with Gasteiger partial charge in [0, 0.05) is 23.5 Å². The summed E-state index contributed by atoms with van der Waals surface area (Å²) in [5, 5.41) is 18.7. The summed E-state index contributed by atoms with van der Waals surface area (Å²) in [6.45, 7) is 7.65. The molecule has 2 aromatic rings. The third kappa shape index (κ3) is 9.07. The SMILES string of the molecule is CCC(C)C(NC(=O)C(Cc1c[nH]c2ccccc12)NC(=O)C(NC(=O)C(N)CCCCN)C(C)C)C(=O)O. The van der Waals surface area contributed by atoms with E-state index >= 15 is 0 Å². The molecule has 0 aliphatic heterocycles. The van der Waals surface area contributed by atoms with Gasteiger partial charge in [0.1, 0.15) is 18.1 Å². The summed E-state index contributed by atoms with van der Waals surface area (Å²) in [5.74, 6) is -3.39. The standard InChI is InChI=1S/C28H44N6O5/c1-5-17(4)24(28(38)39)34-26(36)22(14-18-15-31-21-12-7-6-10-19(18)21)32-27(37)23(16(2)3)33-25(35)20(30)11-8-9-13-29/h6-7,10,12,15-17,20,22-24,31H,5,8-9,11,13-14,29-30H2,1-4H3,(H,32,37)(H,33,35)(H,34,36)(H,38,39). The van der Waals surface area contributed by atoms with Crippen LogP contribution in [0.4, 0.5) is 0 Å². The number of hydrogen-bond acceptors (Lipinski definition) is 6. The van der Waals surface area contributed by atoms with Gasteiger partial charge in [-0.2, -0.15) is 0 Å². The number of nitrogens with one attached hydrogen (secondary N) is 4. The number of aromatic nitrogens is 1. The monoisotopic (exact) mass is 544 g/mol. The Bertz CT molecular complexity index is 1120. The summed E-state index contributed by atoms with van der Waals surface area (Å²) >= 11 is 0. The van der Waals surface area contributed by atoms with Gasteiger partial charge in [0.15, 0.2) is 0 Å². The number of amides is 3. The van der Waals surface area contributed by atoms with Gasteiger partial charge in [0.2, 0.25) is 17.7 Å². The zero-order chi connectivity index (χ0) is 29.1. The van der Waals surface area contributed by atoms with Crippen LogP contribution < -0.4 is 27.4 Å². The number of para-hydroxylation sites is 1. The molecule has 11 heteroatoms. The number of carbonyl (C=O) groups is 4. The number of aromatic amines is 1. The van der Waals surface area contributed by atoms with Crippen LogP contribution in [0.25, 0.3) is 10.9 Å². The van der Waals surface area contributed by atoms with Gasteiger partial charge < -0.3 is 37.5 Å². The lowest BCUT2D eigenvalue weighted by atomic mass is 9.97. The summed E-state index contributed by atoms with van der Waals surface area (Å²) < 4.78 is 0. The van der Waals surface area contributed by atoms with Crippen LogP contribution in [-0.4, -0.2) is 64.5 Å². The molecule has 0 bridgehead atoms. The molecule has 0 spiro atoms. The fourth-order valence-corrected chi connectivity index (χ4v) is 4.36. The van der Waals surface area contributed by atoms with Crippen LogP contribution in [0.3, 0.4) is 0 Å². The smallest absolute Gasteiger partial charge is 0.326 e. The van der Waals surface area contributed by atoms with Crippen LogP contribution in [-0.2, 0) is 25.6 Å². The first-order valence-corrected chi connectivity index (χ1v) is 13.6. The van der Waals surface area contributed by atoms with Crippen molar-refractivity contribution in [3.05, 3.63) is 36.0 Å². The van der Waals surface area contributed by atoms with Gasteiger partial charge in [0.25, 0.3) is 0 Å². The summed E-state index contributed by atoms with van der Waals surface area (Å²) in [4.78, 5) is 54.6. The van der Waals surface area contributed by atoms with Gasteiger partial charge in [-0.3, -0.25) is 14.4 Å².